The second-order valence-corrected chi connectivity index (χ2v) is 5.82. The number of aliphatic hydroxyl groups excluding tert-OH is 1. The molecule has 1 fully saturated rings. The highest BCUT2D eigenvalue weighted by atomic mass is 16.3. The molecular formula is C17H26N2O2. The van der Waals surface area contributed by atoms with Gasteiger partial charge in [-0.05, 0) is 31.2 Å². The first-order valence-electron chi connectivity index (χ1n) is 7.93. The van der Waals surface area contributed by atoms with Gasteiger partial charge in [0.05, 0.1) is 12.6 Å². The summed E-state index contributed by atoms with van der Waals surface area (Å²) in [5, 5.41) is 9.20. The van der Waals surface area contributed by atoms with Crippen LogP contribution in [-0.4, -0.2) is 41.1 Å². The van der Waals surface area contributed by atoms with Crippen molar-refractivity contribution in [1.29, 1.82) is 0 Å². The SMILES string of the molecule is NC(CCc1ccccc1)C(=O)N(CCO)C1CCCC1. The average Bonchev–Trinajstić information content (AvgIpc) is 3.04. The van der Waals surface area contributed by atoms with E-state index in [1.807, 2.05) is 23.1 Å². The van der Waals surface area contributed by atoms with Gasteiger partial charge >= 0.3 is 0 Å². The summed E-state index contributed by atoms with van der Waals surface area (Å²) in [4.78, 5) is 14.3. The molecule has 21 heavy (non-hydrogen) atoms. The van der Waals surface area contributed by atoms with Crippen LogP contribution in [0.5, 0.6) is 0 Å². The van der Waals surface area contributed by atoms with E-state index in [0.717, 1.165) is 19.3 Å². The number of carbonyl (C=O) groups excluding carboxylic acids is 1. The Morgan fingerprint density at radius 1 is 1.29 bits per heavy atom. The summed E-state index contributed by atoms with van der Waals surface area (Å²) in [5.74, 6) is -0.00752. The van der Waals surface area contributed by atoms with Crippen molar-refractivity contribution < 1.29 is 9.90 Å². The van der Waals surface area contributed by atoms with Gasteiger partial charge in [-0.25, -0.2) is 0 Å². The molecule has 0 spiro atoms. The van der Waals surface area contributed by atoms with Gasteiger partial charge in [0.25, 0.3) is 0 Å². The molecule has 116 valence electrons. The van der Waals surface area contributed by atoms with Gasteiger partial charge in [-0.15, -0.1) is 0 Å². The molecule has 4 heteroatoms. The number of hydrogen-bond donors (Lipinski definition) is 2. The van der Waals surface area contributed by atoms with E-state index in [2.05, 4.69) is 12.1 Å². The predicted molar refractivity (Wildman–Crippen MR) is 83.8 cm³/mol. The Bertz CT molecular complexity index is 430. The van der Waals surface area contributed by atoms with Crippen molar-refractivity contribution in [3.63, 3.8) is 0 Å². The number of carbonyl (C=O) groups is 1. The van der Waals surface area contributed by atoms with Crippen molar-refractivity contribution >= 4 is 5.91 Å². The van der Waals surface area contributed by atoms with Gasteiger partial charge in [-0.2, -0.15) is 0 Å². The number of aliphatic hydroxyl groups is 1. The number of amides is 1. The second-order valence-electron chi connectivity index (χ2n) is 5.82. The number of benzene rings is 1. The molecule has 0 radical (unpaired) electrons. The lowest BCUT2D eigenvalue weighted by molar-refractivity contribution is -0.135. The Hall–Kier alpha value is -1.39. The average molecular weight is 290 g/mol. The zero-order valence-electron chi connectivity index (χ0n) is 12.6. The predicted octanol–water partition coefficient (Wildman–Crippen LogP) is 1.71. The van der Waals surface area contributed by atoms with Crippen molar-refractivity contribution in [2.24, 2.45) is 5.73 Å². The standard InChI is InChI=1S/C17H26N2O2/c18-16(11-10-14-6-2-1-3-7-14)17(21)19(12-13-20)15-8-4-5-9-15/h1-3,6-7,15-16,20H,4-5,8-13,18H2. The number of nitrogens with two attached hydrogens (primary N) is 1. The molecule has 1 amide bonds. The molecule has 1 unspecified atom stereocenters. The van der Waals surface area contributed by atoms with Crippen LogP contribution in [0, 0.1) is 0 Å². The number of hydrogen-bond acceptors (Lipinski definition) is 3. The summed E-state index contributed by atoms with van der Waals surface area (Å²) < 4.78 is 0. The van der Waals surface area contributed by atoms with Crippen LogP contribution in [0.2, 0.25) is 0 Å². The fourth-order valence-corrected chi connectivity index (χ4v) is 3.10. The Labute approximate surface area is 126 Å². The Kier molecular flexibility index (Phi) is 6.21. The normalized spacial score (nSPS) is 16.9. The van der Waals surface area contributed by atoms with Crippen molar-refractivity contribution in [3.8, 4) is 0 Å². The maximum Gasteiger partial charge on any atom is 0.239 e. The van der Waals surface area contributed by atoms with E-state index >= 15 is 0 Å². The van der Waals surface area contributed by atoms with Crippen LogP contribution in [0.1, 0.15) is 37.7 Å². The lowest BCUT2D eigenvalue weighted by Gasteiger charge is -2.30. The van der Waals surface area contributed by atoms with Gasteiger partial charge in [0.15, 0.2) is 0 Å². The molecule has 0 aliphatic heterocycles. The monoisotopic (exact) mass is 290 g/mol. The smallest absolute Gasteiger partial charge is 0.239 e. The molecule has 1 aliphatic carbocycles. The molecule has 4 nitrogen and oxygen atoms in total. The highest BCUT2D eigenvalue weighted by Crippen LogP contribution is 2.24. The Morgan fingerprint density at radius 3 is 2.57 bits per heavy atom. The fraction of sp³-hybridized carbons (Fsp3) is 0.588. The van der Waals surface area contributed by atoms with Crippen LogP contribution < -0.4 is 5.73 Å². The van der Waals surface area contributed by atoms with Crippen molar-refractivity contribution in [2.75, 3.05) is 13.2 Å². The zero-order valence-corrected chi connectivity index (χ0v) is 12.6. The van der Waals surface area contributed by atoms with E-state index in [1.54, 1.807) is 0 Å². The molecular weight excluding hydrogens is 264 g/mol. The van der Waals surface area contributed by atoms with Crippen molar-refractivity contribution in [3.05, 3.63) is 35.9 Å². The lowest BCUT2D eigenvalue weighted by atomic mass is 10.0. The maximum absolute atomic E-state index is 12.5. The van der Waals surface area contributed by atoms with Crippen molar-refractivity contribution in [1.82, 2.24) is 4.90 Å². The minimum Gasteiger partial charge on any atom is -0.395 e. The van der Waals surface area contributed by atoms with Gasteiger partial charge in [0.1, 0.15) is 0 Å². The first-order valence-corrected chi connectivity index (χ1v) is 7.93. The highest BCUT2D eigenvalue weighted by Gasteiger charge is 2.29. The minimum atomic E-state index is -0.475. The van der Waals surface area contributed by atoms with E-state index in [0.29, 0.717) is 13.0 Å². The minimum absolute atomic E-state index is 0.00752. The summed E-state index contributed by atoms with van der Waals surface area (Å²) in [6, 6.07) is 9.89. The van der Waals surface area contributed by atoms with Crippen molar-refractivity contribution in [2.45, 2.75) is 50.6 Å². The molecule has 1 aromatic rings. The van der Waals surface area contributed by atoms with E-state index < -0.39 is 6.04 Å². The van der Waals surface area contributed by atoms with Gasteiger partial charge in [0.2, 0.25) is 5.91 Å². The van der Waals surface area contributed by atoms with E-state index in [-0.39, 0.29) is 18.6 Å². The quantitative estimate of drug-likeness (QED) is 0.803. The van der Waals surface area contributed by atoms with Crippen LogP contribution in [0.25, 0.3) is 0 Å². The Balaban J connectivity index is 1.89. The zero-order chi connectivity index (χ0) is 15.1. The largest absolute Gasteiger partial charge is 0.395 e. The summed E-state index contributed by atoms with van der Waals surface area (Å²) in [7, 11) is 0. The summed E-state index contributed by atoms with van der Waals surface area (Å²) >= 11 is 0. The number of aryl methyl sites for hydroxylation is 1. The molecule has 2 rings (SSSR count). The summed E-state index contributed by atoms with van der Waals surface area (Å²) in [5.41, 5.74) is 7.30. The lowest BCUT2D eigenvalue weighted by Crippen LogP contribution is -2.49. The van der Waals surface area contributed by atoms with E-state index in [4.69, 9.17) is 5.73 Å². The van der Waals surface area contributed by atoms with Gasteiger partial charge < -0.3 is 15.7 Å². The fourth-order valence-electron chi connectivity index (χ4n) is 3.10. The van der Waals surface area contributed by atoms with Crippen LogP contribution in [0.4, 0.5) is 0 Å². The van der Waals surface area contributed by atoms with E-state index in [9.17, 15) is 9.90 Å². The van der Waals surface area contributed by atoms with Gasteiger partial charge in [-0.1, -0.05) is 43.2 Å². The third-order valence-corrected chi connectivity index (χ3v) is 4.29. The maximum atomic E-state index is 12.5. The van der Waals surface area contributed by atoms with Crippen LogP contribution >= 0.6 is 0 Å². The number of nitrogens with zero attached hydrogens (tertiary/aromatic N) is 1. The van der Waals surface area contributed by atoms with Crippen LogP contribution in [0.3, 0.4) is 0 Å². The third kappa shape index (κ3) is 4.55. The third-order valence-electron chi connectivity index (χ3n) is 4.29. The molecule has 0 heterocycles. The first kappa shape index (κ1) is 16.0. The van der Waals surface area contributed by atoms with Crippen LogP contribution in [0.15, 0.2) is 30.3 Å². The summed E-state index contributed by atoms with van der Waals surface area (Å²) in [6.07, 6.45) is 5.87. The molecule has 1 atom stereocenters. The van der Waals surface area contributed by atoms with E-state index in [1.165, 1.54) is 18.4 Å². The topological polar surface area (TPSA) is 66.6 Å². The number of rotatable bonds is 7. The molecule has 0 aromatic heterocycles. The Morgan fingerprint density at radius 2 is 1.95 bits per heavy atom. The van der Waals surface area contributed by atoms with Crippen LogP contribution in [-0.2, 0) is 11.2 Å². The molecule has 1 aliphatic rings. The van der Waals surface area contributed by atoms with Gasteiger partial charge in [-0.3, -0.25) is 4.79 Å². The molecule has 0 saturated heterocycles. The second kappa shape index (κ2) is 8.15. The molecule has 1 aromatic carbocycles. The first-order chi connectivity index (χ1) is 10.2. The van der Waals surface area contributed by atoms with Gasteiger partial charge in [0, 0.05) is 12.6 Å². The molecule has 0 bridgehead atoms. The highest BCUT2D eigenvalue weighted by molar-refractivity contribution is 5.82. The molecule has 3 N–H and O–H groups in total. The summed E-state index contributed by atoms with van der Waals surface area (Å²) in [6.45, 7) is 0.413. The molecule has 1 saturated carbocycles.